The molecule has 0 bridgehead atoms. The predicted octanol–water partition coefficient (Wildman–Crippen LogP) is 4.24. The molecule has 2 heterocycles. The number of aromatic nitrogens is 1. The van der Waals surface area contributed by atoms with Gasteiger partial charge in [-0.1, -0.05) is 6.07 Å². The van der Waals surface area contributed by atoms with Crippen LogP contribution in [0, 0.1) is 11.7 Å². The van der Waals surface area contributed by atoms with Gasteiger partial charge in [0.05, 0.1) is 5.69 Å². The molecule has 1 saturated heterocycles. The zero-order chi connectivity index (χ0) is 18.1. The Hall–Kier alpha value is -2.15. The molecule has 0 spiro atoms. The zero-order valence-electron chi connectivity index (χ0n) is 14.5. The average Bonchev–Trinajstić information content (AvgIpc) is 2.97. The first-order valence-electron chi connectivity index (χ1n) is 9.10. The second-order valence-electron chi connectivity index (χ2n) is 7.04. The third-order valence-corrected chi connectivity index (χ3v) is 6.37. The van der Waals surface area contributed by atoms with Crippen molar-refractivity contribution in [2.45, 2.75) is 32.1 Å². The van der Waals surface area contributed by atoms with Gasteiger partial charge in [0.1, 0.15) is 5.82 Å². The Morgan fingerprint density at radius 2 is 2.15 bits per heavy atom. The molecule has 26 heavy (non-hydrogen) atoms. The molecule has 0 radical (unpaired) electrons. The number of thiazole rings is 1. The van der Waals surface area contributed by atoms with E-state index in [-0.39, 0.29) is 5.82 Å². The van der Waals surface area contributed by atoms with Gasteiger partial charge in [-0.2, -0.15) is 0 Å². The topological polar surface area (TPSA) is 65.5 Å². The highest BCUT2D eigenvalue weighted by atomic mass is 32.1. The third kappa shape index (κ3) is 3.53. The summed E-state index contributed by atoms with van der Waals surface area (Å²) in [7, 11) is 0. The van der Waals surface area contributed by atoms with Crippen molar-refractivity contribution in [3.8, 4) is 11.3 Å². The molecule has 1 aliphatic heterocycles. The van der Waals surface area contributed by atoms with Gasteiger partial charge in [0.25, 0.3) is 0 Å². The van der Waals surface area contributed by atoms with E-state index in [1.165, 1.54) is 21.4 Å². The van der Waals surface area contributed by atoms with Crippen LogP contribution in [0.15, 0.2) is 18.2 Å². The van der Waals surface area contributed by atoms with E-state index >= 15 is 0 Å². The smallest absolute Gasteiger partial charge is 0.407 e. The van der Waals surface area contributed by atoms with Crippen molar-refractivity contribution < 1.29 is 14.3 Å². The second kappa shape index (κ2) is 7.23. The lowest BCUT2D eigenvalue weighted by atomic mass is 9.97. The van der Waals surface area contributed by atoms with Gasteiger partial charge < -0.3 is 15.3 Å². The van der Waals surface area contributed by atoms with E-state index in [9.17, 15) is 9.18 Å². The maximum absolute atomic E-state index is 13.7. The van der Waals surface area contributed by atoms with Crippen molar-refractivity contribution in [3.63, 3.8) is 0 Å². The molecule has 2 aromatic rings. The number of aryl methyl sites for hydroxylation is 2. The fourth-order valence-electron chi connectivity index (χ4n) is 3.79. The summed E-state index contributed by atoms with van der Waals surface area (Å²) in [6.07, 6.45) is 3.91. The van der Waals surface area contributed by atoms with Crippen molar-refractivity contribution in [1.29, 1.82) is 0 Å². The van der Waals surface area contributed by atoms with Crippen molar-refractivity contribution in [2.24, 2.45) is 5.92 Å². The number of amides is 1. The number of nitrogens with one attached hydrogen (secondary N) is 1. The quantitative estimate of drug-likeness (QED) is 0.842. The summed E-state index contributed by atoms with van der Waals surface area (Å²) in [5, 5.41) is 13.3. The van der Waals surface area contributed by atoms with Crippen LogP contribution < -0.4 is 5.32 Å². The predicted molar refractivity (Wildman–Crippen MR) is 100 cm³/mol. The van der Waals surface area contributed by atoms with Gasteiger partial charge in [0.2, 0.25) is 0 Å². The number of nitrogens with zero attached hydrogens (tertiary/aromatic N) is 2. The molecule has 138 valence electrons. The maximum Gasteiger partial charge on any atom is 0.407 e. The summed E-state index contributed by atoms with van der Waals surface area (Å²) in [4.78, 5) is 18.4. The normalized spacial score (nSPS) is 17.3. The number of rotatable bonds is 3. The summed E-state index contributed by atoms with van der Waals surface area (Å²) < 4.78 is 13.7. The van der Waals surface area contributed by atoms with Crippen LogP contribution in [-0.2, 0) is 12.8 Å². The van der Waals surface area contributed by atoms with Crippen LogP contribution in [0.4, 0.5) is 14.3 Å². The molecule has 0 unspecified atom stereocenters. The fourth-order valence-corrected chi connectivity index (χ4v) is 4.82. The van der Waals surface area contributed by atoms with Gasteiger partial charge in [-0.3, -0.25) is 0 Å². The van der Waals surface area contributed by atoms with E-state index in [2.05, 4.69) is 5.32 Å². The molecule has 1 aromatic carbocycles. The van der Waals surface area contributed by atoms with Gasteiger partial charge in [0, 0.05) is 30.1 Å². The number of carbonyl (C=O) groups is 1. The molecular weight excluding hydrogens is 353 g/mol. The monoisotopic (exact) mass is 375 g/mol. The SMILES string of the molecule is O=C(O)N1CCC(CNc2nc3c(s2)CCCc2ccc(F)cc2-3)CC1. The molecule has 4 rings (SSSR count). The molecule has 5 nitrogen and oxygen atoms in total. The number of hydrogen-bond acceptors (Lipinski definition) is 4. The van der Waals surface area contributed by atoms with Gasteiger partial charge in [0.15, 0.2) is 5.13 Å². The Morgan fingerprint density at radius 1 is 1.35 bits per heavy atom. The Bertz CT molecular complexity index is 815. The minimum Gasteiger partial charge on any atom is -0.465 e. The molecule has 2 N–H and O–H groups in total. The van der Waals surface area contributed by atoms with Crippen LogP contribution >= 0.6 is 11.3 Å². The number of anilines is 1. The van der Waals surface area contributed by atoms with Gasteiger partial charge in [-0.25, -0.2) is 14.2 Å². The summed E-state index contributed by atoms with van der Waals surface area (Å²) in [6, 6.07) is 5.01. The number of fused-ring (bicyclic) bond motifs is 3. The first-order valence-corrected chi connectivity index (χ1v) is 9.92. The maximum atomic E-state index is 13.7. The number of likely N-dealkylation sites (tertiary alicyclic amines) is 1. The number of carboxylic acid groups (broad SMARTS) is 1. The van der Waals surface area contributed by atoms with Crippen LogP contribution in [-0.4, -0.2) is 40.7 Å². The largest absolute Gasteiger partial charge is 0.465 e. The van der Waals surface area contributed by atoms with E-state index in [1.807, 2.05) is 6.07 Å². The summed E-state index contributed by atoms with van der Waals surface area (Å²) in [6.45, 7) is 2.00. The highest BCUT2D eigenvalue weighted by Gasteiger charge is 2.23. The Balaban J connectivity index is 1.45. The van der Waals surface area contributed by atoms with E-state index in [1.54, 1.807) is 17.4 Å². The van der Waals surface area contributed by atoms with E-state index < -0.39 is 6.09 Å². The summed E-state index contributed by atoms with van der Waals surface area (Å²) in [5.74, 6) is 0.239. The highest BCUT2D eigenvalue weighted by Crippen LogP contribution is 2.37. The molecule has 1 fully saturated rings. The first-order chi connectivity index (χ1) is 12.6. The summed E-state index contributed by atoms with van der Waals surface area (Å²) >= 11 is 1.66. The lowest BCUT2D eigenvalue weighted by Crippen LogP contribution is -2.39. The van der Waals surface area contributed by atoms with Crippen LogP contribution in [0.3, 0.4) is 0 Å². The Kier molecular flexibility index (Phi) is 4.80. The lowest BCUT2D eigenvalue weighted by molar-refractivity contribution is 0.126. The van der Waals surface area contributed by atoms with Crippen LogP contribution in [0.2, 0.25) is 0 Å². The van der Waals surface area contributed by atoms with Crippen molar-refractivity contribution in [3.05, 3.63) is 34.5 Å². The fraction of sp³-hybridized carbons (Fsp3) is 0.474. The molecular formula is C19H22FN3O2S. The number of hydrogen-bond donors (Lipinski definition) is 2. The average molecular weight is 375 g/mol. The zero-order valence-corrected chi connectivity index (χ0v) is 15.3. The molecule has 1 aromatic heterocycles. The van der Waals surface area contributed by atoms with Crippen LogP contribution in [0.1, 0.15) is 29.7 Å². The Morgan fingerprint density at radius 3 is 2.92 bits per heavy atom. The molecule has 1 amide bonds. The van der Waals surface area contributed by atoms with Gasteiger partial charge in [-0.05, 0) is 55.7 Å². The molecule has 7 heteroatoms. The molecule has 0 saturated carbocycles. The number of piperidine rings is 1. The van der Waals surface area contributed by atoms with Crippen molar-refractivity contribution in [1.82, 2.24) is 9.88 Å². The standard InChI is InChI=1S/C19H22FN3O2S/c20-14-5-4-13-2-1-3-16-17(15(13)10-14)22-18(26-16)21-11-12-6-8-23(9-7-12)19(24)25/h4-5,10,12H,1-3,6-9,11H2,(H,21,22)(H,24,25). The van der Waals surface area contributed by atoms with Gasteiger partial charge in [-0.15, -0.1) is 11.3 Å². The first kappa shape index (κ1) is 17.3. The molecule has 0 atom stereocenters. The van der Waals surface area contributed by atoms with E-state index in [4.69, 9.17) is 10.1 Å². The van der Waals surface area contributed by atoms with Crippen LogP contribution in [0.5, 0.6) is 0 Å². The number of halogens is 1. The van der Waals surface area contributed by atoms with Crippen molar-refractivity contribution in [2.75, 3.05) is 25.0 Å². The summed E-state index contributed by atoms with van der Waals surface area (Å²) in [5.41, 5.74) is 3.02. The Labute approximate surface area is 155 Å². The minimum absolute atomic E-state index is 0.218. The van der Waals surface area contributed by atoms with Crippen LogP contribution in [0.25, 0.3) is 11.3 Å². The molecule has 1 aliphatic carbocycles. The number of benzene rings is 1. The minimum atomic E-state index is -0.828. The van der Waals surface area contributed by atoms with Gasteiger partial charge >= 0.3 is 6.09 Å². The third-order valence-electron chi connectivity index (χ3n) is 5.30. The lowest BCUT2D eigenvalue weighted by Gasteiger charge is -2.29. The van der Waals surface area contributed by atoms with E-state index in [0.29, 0.717) is 19.0 Å². The molecule has 2 aliphatic rings. The van der Waals surface area contributed by atoms with E-state index in [0.717, 1.165) is 55.0 Å². The van der Waals surface area contributed by atoms with Crippen molar-refractivity contribution >= 4 is 22.6 Å². The second-order valence-corrected chi connectivity index (χ2v) is 8.12. The highest BCUT2D eigenvalue weighted by molar-refractivity contribution is 7.16.